The molecule has 40 heavy (non-hydrogen) atoms. The highest BCUT2D eigenvalue weighted by Crippen LogP contribution is 2.30. The van der Waals surface area contributed by atoms with Crippen LogP contribution in [0, 0.1) is 0 Å². The maximum Gasteiger partial charge on any atom is 0.258 e. The van der Waals surface area contributed by atoms with Gasteiger partial charge in [0.05, 0.1) is 26.8 Å². The van der Waals surface area contributed by atoms with Crippen LogP contribution >= 0.6 is 0 Å². The van der Waals surface area contributed by atoms with E-state index in [1.165, 1.54) is 0 Å². The molecule has 0 saturated carbocycles. The Hall–Kier alpha value is -4.25. The molecule has 11 nitrogen and oxygen atoms in total. The summed E-state index contributed by atoms with van der Waals surface area (Å²) in [4.78, 5) is 32.2. The summed E-state index contributed by atoms with van der Waals surface area (Å²) in [7, 11) is 5.10. The monoisotopic (exact) mass is 549 g/mol. The molecule has 0 spiro atoms. The van der Waals surface area contributed by atoms with E-state index < -0.39 is 0 Å². The first-order valence-corrected chi connectivity index (χ1v) is 13.3. The van der Waals surface area contributed by atoms with Gasteiger partial charge in [-0.3, -0.25) is 14.5 Å². The molecule has 0 aliphatic carbocycles. The molecule has 5 aliphatic rings. The second-order valence-corrected chi connectivity index (χ2v) is 10.0. The standard InChI is InChI=1S/C29H35N5O6/c1-33-11-10-30-27(33)17-34-15-22-26(16-34)40-21-7-6-20(24(13-21)37-2)14-31-28(35)9-5-19-4-8-23(25(12-19)38-3)39-18-29(36)32-22/h4,6-8,10-13,22,26H,5,9,14-18H2,1-3H3,(H,31,35)(H,32,36)/t22-,26-/m1/s1. The van der Waals surface area contributed by atoms with E-state index in [9.17, 15) is 9.59 Å². The van der Waals surface area contributed by atoms with E-state index in [-0.39, 0.29) is 30.6 Å². The van der Waals surface area contributed by atoms with Gasteiger partial charge in [-0.25, -0.2) is 4.98 Å². The van der Waals surface area contributed by atoms with E-state index in [0.717, 1.165) is 17.0 Å². The van der Waals surface area contributed by atoms with Crippen LogP contribution in [0.1, 0.15) is 23.4 Å². The third-order valence-electron chi connectivity index (χ3n) is 7.22. The molecule has 8 rings (SSSR count). The number of aromatic nitrogens is 2. The van der Waals surface area contributed by atoms with Crippen LogP contribution in [0.2, 0.25) is 0 Å². The number of ether oxygens (including phenoxy) is 4. The molecule has 1 aromatic heterocycles. The van der Waals surface area contributed by atoms with Gasteiger partial charge in [0.25, 0.3) is 5.91 Å². The average Bonchev–Trinajstić information content (AvgIpc) is 3.53. The van der Waals surface area contributed by atoms with Crippen molar-refractivity contribution in [3.05, 3.63) is 65.7 Å². The third kappa shape index (κ3) is 6.48. The number of imidazole rings is 1. The summed E-state index contributed by atoms with van der Waals surface area (Å²) in [5.74, 6) is 2.79. The lowest BCUT2D eigenvalue weighted by molar-refractivity contribution is -0.124. The highest BCUT2D eigenvalue weighted by atomic mass is 16.5. The predicted octanol–water partition coefficient (Wildman–Crippen LogP) is 1.83. The van der Waals surface area contributed by atoms with Crippen LogP contribution in [0.4, 0.5) is 0 Å². The first-order chi connectivity index (χ1) is 19.4. The molecule has 5 aliphatic heterocycles. The number of likely N-dealkylation sites (tertiary alicyclic amines) is 1. The quantitative estimate of drug-likeness (QED) is 0.507. The average molecular weight is 550 g/mol. The van der Waals surface area contributed by atoms with Crippen LogP contribution in [0.5, 0.6) is 23.0 Å². The van der Waals surface area contributed by atoms with E-state index in [2.05, 4.69) is 20.5 Å². The number of methoxy groups -OCH3 is 2. The van der Waals surface area contributed by atoms with E-state index in [0.29, 0.717) is 62.0 Å². The van der Waals surface area contributed by atoms with Crippen molar-refractivity contribution in [2.45, 2.75) is 38.1 Å². The number of benzene rings is 2. The highest BCUT2D eigenvalue weighted by Gasteiger charge is 2.36. The number of carbonyl (C=O) groups is 2. The van der Waals surface area contributed by atoms with Crippen LogP contribution in [0.3, 0.4) is 0 Å². The van der Waals surface area contributed by atoms with Gasteiger partial charge in [0.1, 0.15) is 23.4 Å². The van der Waals surface area contributed by atoms with Crippen molar-refractivity contribution >= 4 is 11.8 Å². The topological polar surface area (TPSA) is 116 Å². The minimum absolute atomic E-state index is 0.0747. The van der Waals surface area contributed by atoms with Crippen LogP contribution in [0.25, 0.3) is 0 Å². The van der Waals surface area contributed by atoms with Crippen molar-refractivity contribution < 1.29 is 28.5 Å². The van der Waals surface area contributed by atoms with Crippen LogP contribution in [-0.2, 0) is 36.1 Å². The van der Waals surface area contributed by atoms with E-state index in [1.807, 2.05) is 48.1 Å². The van der Waals surface area contributed by atoms with Gasteiger partial charge >= 0.3 is 0 Å². The zero-order valence-corrected chi connectivity index (χ0v) is 23.0. The summed E-state index contributed by atoms with van der Waals surface area (Å²) < 4.78 is 25.3. The zero-order chi connectivity index (χ0) is 28.1. The first-order valence-electron chi connectivity index (χ1n) is 13.3. The smallest absolute Gasteiger partial charge is 0.258 e. The molecule has 0 unspecified atom stereocenters. The molecule has 2 atom stereocenters. The van der Waals surface area contributed by atoms with Gasteiger partial charge in [0.2, 0.25) is 5.91 Å². The minimum atomic E-state index is -0.320. The van der Waals surface area contributed by atoms with Crippen molar-refractivity contribution in [1.82, 2.24) is 25.1 Å². The molecule has 11 heteroatoms. The molecule has 1 saturated heterocycles. The van der Waals surface area contributed by atoms with Gasteiger partial charge in [0.15, 0.2) is 18.1 Å². The van der Waals surface area contributed by atoms with E-state index in [4.69, 9.17) is 18.9 Å². The number of nitrogens with zero attached hydrogens (tertiary/aromatic N) is 3. The lowest BCUT2D eigenvalue weighted by Gasteiger charge is -2.22. The minimum Gasteiger partial charge on any atom is -0.496 e. The third-order valence-corrected chi connectivity index (χ3v) is 7.22. The van der Waals surface area contributed by atoms with Gasteiger partial charge in [0, 0.05) is 57.1 Å². The van der Waals surface area contributed by atoms with Crippen molar-refractivity contribution in [1.29, 1.82) is 0 Å². The Labute approximate surface area is 233 Å². The molecular formula is C29H35N5O6. The Balaban J connectivity index is 1.40. The largest absolute Gasteiger partial charge is 0.496 e. The number of nitrogens with one attached hydrogen (secondary N) is 2. The van der Waals surface area contributed by atoms with Crippen molar-refractivity contribution in [2.75, 3.05) is 33.9 Å². The zero-order valence-electron chi connectivity index (χ0n) is 23.0. The second-order valence-electron chi connectivity index (χ2n) is 10.0. The Morgan fingerprint density at radius 1 is 1.02 bits per heavy atom. The summed E-state index contributed by atoms with van der Waals surface area (Å²) in [5, 5.41) is 6.07. The Morgan fingerprint density at radius 2 is 1.88 bits per heavy atom. The first kappa shape index (κ1) is 27.3. The van der Waals surface area contributed by atoms with Crippen molar-refractivity contribution in [2.24, 2.45) is 7.05 Å². The lowest BCUT2D eigenvalue weighted by atomic mass is 10.1. The number of carbonyl (C=O) groups excluding carboxylic acids is 2. The second kappa shape index (κ2) is 12.3. The molecule has 2 aromatic carbocycles. The molecule has 2 N–H and O–H groups in total. The maximum atomic E-state index is 13.0. The summed E-state index contributed by atoms with van der Waals surface area (Å²) in [5.41, 5.74) is 1.77. The number of aryl methyl sites for hydroxylation is 2. The molecule has 4 bridgehead atoms. The van der Waals surface area contributed by atoms with Crippen LogP contribution < -0.4 is 29.6 Å². The molecule has 3 aromatic rings. The summed E-state index contributed by atoms with van der Waals surface area (Å²) in [6.07, 6.45) is 4.21. The normalized spacial score (nSPS) is 20.2. The summed E-state index contributed by atoms with van der Waals surface area (Å²) in [6, 6.07) is 10.8. The number of hydrogen-bond donors (Lipinski definition) is 2. The lowest BCUT2D eigenvalue weighted by Crippen LogP contribution is -2.46. The van der Waals surface area contributed by atoms with E-state index >= 15 is 0 Å². The molecule has 212 valence electrons. The molecule has 0 radical (unpaired) electrons. The van der Waals surface area contributed by atoms with Gasteiger partial charge in [-0.2, -0.15) is 0 Å². The summed E-state index contributed by atoms with van der Waals surface area (Å²) in [6.45, 7) is 1.95. The van der Waals surface area contributed by atoms with Gasteiger partial charge in [-0.05, 0) is 36.2 Å². The van der Waals surface area contributed by atoms with Crippen molar-refractivity contribution in [3.63, 3.8) is 0 Å². The fourth-order valence-electron chi connectivity index (χ4n) is 5.03. The van der Waals surface area contributed by atoms with E-state index in [1.54, 1.807) is 26.5 Å². The molecular weight excluding hydrogens is 514 g/mol. The fraction of sp³-hybridized carbons (Fsp3) is 0.414. The van der Waals surface area contributed by atoms with Gasteiger partial charge in [-0.1, -0.05) is 6.07 Å². The highest BCUT2D eigenvalue weighted by molar-refractivity contribution is 5.78. The number of hydrogen-bond acceptors (Lipinski definition) is 8. The Bertz CT molecular complexity index is 1360. The number of rotatable bonds is 4. The van der Waals surface area contributed by atoms with Gasteiger partial charge in [-0.15, -0.1) is 0 Å². The van der Waals surface area contributed by atoms with Crippen LogP contribution in [-0.4, -0.2) is 72.3 Å². The molecule has 1 fully saturated rings. The van der Waals surface area contributed by atoms with Crippen LogP contribution in [0.15, 0.2) is 48.8 Å². The Morgan fingerprint density at radius 3 is 2.65 bits per heavy atom. The maximum absolute atomic E-state index is 13.0. The van der Waals surface area contributed by atoms with Gasteiger partial charge < -0.3 is 34.1 Å². The Kier molecular flexibility index (Phi) is 8.40. The fourth-order valence-corrected chi connectivity index (χ4v) is 5.03. The number of amides is 2. The SMILES string of the molecule is COc1cc2ccc1CNC(=O)CCc1ccc(c(OC)c1)OCC(=O)N[C@@H]1CN(Cc3nccn3C)C[C@H]1O2. The molecule has 6 heterocycles. The predicted molar refractivity (Wildman–Crippen MR) is 146 cm³/mol. The summed E-state index contributed by atoms with van der Waals surface area (Å²) >= 11 is 0. The molecule has 2 amide bonds. The van der Waals surface area contributed by atoms with Crippen molar-refractivity contribution in [3.8, 4) is 23.0 Å².